The molecule has 0 unspecified atom stereocenters. The van der Waals surface area contributed by atoms with Crippen LogP contribution in [0.25, 0.3) is 11.0 Å². The third-order valence-electron chi connectivity index (χ3n) is 8.07. The molecule has 5 rings (SSSR count). The molecule has 0 bridgehead atoms. The Labute approximate surface area is 239 Å². The van der Waals surface area contributed by atoms with Crippen LogP contribution in [0.3, 0.4) is 0 Å². The van der Waals surface area contributed by atoms with E-state index in [9.17, 15) is 14.4 Å². The highest BCUT2D eigenvalue weighted by molar-refractivity contribution is 6.19. The molecular weight excluding hydrogens is 520 g/mol. The Morgan fingerprint density at radius 2 is 1.66 bits per heavy atom. The van der Waals surface area contributed by atoms with Gasteiger partial charge in [-0.2, -0.15) is 0 Å². The Hall–Kier alpha value is -4.11. The molecule has 9 heteroatoms. The Morgan fingerprint density at radius 3 is 2.34 bits per heavy atom. The van der Waals surface area contributed by atoms with Gasteiger partial charge in [-0.15, -0.1) is 0 Å². The summed E-state index contributed by atoms with van der Waals surface area (Å²) in [6, 6.07) is 11.6. The molecule has 0 N–H and O–H groups in total. The van der Waals surface area contributed by atoms with E-state index in [1.54, 1.807) is 47.5 Å². The summed E-state index contributed by atoms with van der Waals surface area (Å²) in [4.78, 5) is 45.2. The van der Waals surface area contributed by atoms with E-state index in [4.69, 9.17) is 8.83 Å². The first-order valence-electron chi connectivity index (χ1n) is 14.0. The first kappa shape index (κ1) is 28.4. The standard InChI is InChI=1S/C32H38N4O5/c1-8-36-26-10-9-23(17-27(26)33(7)30(38)32(5,6)31(36)39)18-34(19-24-15-20(2)22(4)41-24)13-14-35-12-11-28-25(29(35)37)16-21(3)40-28/h9-12,15-17H,8,13-14,18-19H2,1-7H3. The molecule has 216 valence electrons. The second kappa shape index (κ2) is 10.7. The van der Waals surface area contributed by atoms with E-state index in [-0.39, 0.29) is 17.4 Å². The van der Waals surface area contributed by atoms with Gasteiger partial charge < -0.3 is 23.2 Å². The number of aryl methyl sites for hydroxylation is 3. The third kappa shape index (κ3) is 5.22. The number of carbonyl (C=O) groups is 2. The lowest BCUT2D eigenvalue weighted by molar-refractivity contribution is -0.137. The van der Waals surface area contributed by atoms with Crippen molar-refractivity contribution in [3.05, 3.63) is 81.4 Å². The third-order valence-corrected chi connectivity index (χ3v) is 8.07. The number of aromatic nitrogens is 1. The summed E-state index contributed by atoms with van der Waals surface area (Å²) in [5, 5.41) is 0.574. The van der Waals surface area contributed by atoms with Crippen LogP contribution < -0.4 is 15.4 Å². The molecule has 2 amide bonds. The van der Waals surface area contributed by atoms with Gasteiger partial charge in [-0.1, -0.05) is 6.07 Å². The van der Waals surface area contributed by atoms with Crippen molar-refractivity contribution in [1.29, 1.82) is 0 Å². The number of rotatable bonds is 8. The summed E-state index contributed by atoms with van der Waals surface area (Å²) < 4.78 is 13.3. The number of benzene rings is 1. The minimum Gasteiger partial charge on any atom is -0.465 e. The largest absolute Gasteiger partial charge is 0.465 e. The Bertz CT molecular complexity index is 1670. The molecule has 9 nitrogen and oxygen atoms in total. The van der Waals surface area contributed by atoms with E-state index < -0.39 is 5.41 Å². The van der Waals surface area contributed by atoms with Gasteiger partial charge in [0.2, 0.25) is 11.8 Å². The zero-order chi connectivity index (χ0) is 29.6. The van der Waals surface area contributed by atoms with Gasteiger partial charge in [-0.25, -0.2) is 0 Å². The first-order chi connectivity index (χ1) is 19.4. The van der Waals surface area contributed by atoms with Crippen molar-refractivity contribution in [2.75, 3.05) is 29.9 Å². The highest BCUT2D eigenvalue weighted by Crippen LogP contribution is 2.39. The molecule has 3 aromatic heterocycles. The lowest BCUT2D eigenvalue weighted by Crippen LogP contribution is -2.47. The second-order valence-corrected chi connectivity index (χ2v) is 11.5. The molecule has 0 spiro atoms. The number of amides is 2. The van der Waals surface area contributed by atoms with Crippen molar-refractivity contribution < 1.29 is 18.4 Å². The van der Waals surface area contributed by atoms with Gasteiger partial charge in [0, 0.05) is 39.4 Å². The van der Waals surface area contributed by atoms with Gasteiger partial charge in [0.05, 0.1) is 23.3 Å². The number of nitrogens with zero attached hydrogens (tertiary/aromatic N) is 4. The molecule has 1 aliphatic rings. The molecule has 1 aromatic carbocycles. The van der Waals surface area contributed by atoms with Gasteiger partial charge in [-0.3, -0.25) is 19.3 Å². The van der Waals surface area contributed by atoms with E-state index in [1.807, 2.05) is 58.0 Å². The van der Waals surface area contributed by atoms with Crippen LogP contribution in [-0.2, 0) is 29.2 Å². The van der Waals surface area contributed by atoms with Crippen LogP contribution in [0, 0.1) is 26.2 Å². The average Bonchev–Trinajstić information content (AvgIpc) is 3.46. The fourth-order valence-corrected chi connectivity index (χ4v) is 5.59. The van der Waals surface area contributed by atoms with Crippen molar-refractivity contribution in [1.82, 2.24) is 9.47 Å². The SMILES string of the molecule is CCN1C(=O)C(C)(C)C(=O)N(C)c2cc(CN(CCn3ccc4oc(C)cc4c3=O)Cc3cc(C)c(C)o3)ccc21. The van der Waals surface area contributed by atoms with E-state index in [2.05, 4.69) is 4.90 Å². The van der Waals surface area contributed by atoms with Crippen LogP contribution >= 0.6 is 0 Å². The van der Waals surface area contributed by atoms with Crippen LogP contribution in [0.5, 0.6) is 0 Å². The summed E-state index contributed by atoms with van der Waals surface area (Å²) in [6.45, 7) is 13.7. The van der Waals surface area contributed by atoms with E-state index in [1.165, 1.54) is 0 Å². The van der Waals surface area contributed by atoms with Crippen molar-refractivity contribution in [2.45, 2.75) is 61.2 Å². The molecule has 4 heterocycles. The first-order valence-corrected chi connectivity index (χ1v) is 14.0. The molecule has 0 aliphatic carbocycles. The predicted octanol–water partition coefficient (Wildman–Crippen LogP) is 5.17. The molecule has 0 saturated heterocycles. The van der Waals surface area contributed by atoms with Gasteiger partial charge in [-0.05, 0) is 83.0 Å². The number of anilines is 2. The van der Waals surface area contributed by atoms with Gasteiger partial charge >= 0.3 is 0 Å². The van der Waals surface area contributed by atoms with Crippen LogP contribution in [0.1, 0.15) is 49.2 Å². The van der Waals surface area contributed by atoms with Crippen LogP contribution in [-0.4, -0.2) is 41.4 Å². The second-order valence-electron chi connectivity index (χ2n) is 11.5. The highest BCUT2D eigenvalue weighted by Gasteiger charge is 2.45. The fourth-order valence-electron chi connectivity index (χ4n) is 5.59. The van der Waals surface area contributed by atoms with Crippen molar-refractivity contribution in [3.8, 4) is 0 Å². The average molecular weight is 559 g/mol. The minimum absolute atomic E-state index is 0.0823. The maximum Gasteiger partial charge on any atom is 0.261 e. The topological polar surface area (TPSA) is 92.1 Å². The van der Waals surface area contributed by atoms with E-state index >= 15 is 0 Å². The zero-order valence-electron chi connectivity index (χ0n) is 24.9. The Balaban J connectivity index is 1.46. The van der Waals surface area contributed by atoms with Gasteiger partial charge in [0.15, 0.2) is 0 Å². The number of carbonyl (C=O) groups excluding carboxylic acids is 2. The quantitative estimate of drug-likeness (QED) is 0.277. The highest BCUT2D eigenvalue weighted by atomic mass is 16.3. The van der Waals surface area contributed by atoms with Crippen LogP contribution in [0.15, 0.2) is 56.2 Å². The normalized spacial score (nSPS) is 15.2. The predicted molar refractivity (Wildman–Crippen MR) is 159 cm³/mol. The van der Waals surface area contributed by atoms with Crippen molar-refractivity contribution >= 4 is 34.2 Å². The summed E-state index contributed by atoms with van der Waals surface area (Å²) in [7, 11) is 1.73. The number of hydrogen-bond donors (Lipinski definition) is 0. The van der Waals surface area contributed by atoms with Crippen LogP contribution in [0.2, 0.25) is 0 Å². The smallest absolute Gasteiger partial charge is 0.261 e. The molecule has 0 atom stereocenters. The molecule has 1 aliphatic heterocycles. The summed E-state index contributed by atoms with van der Waals surface area (Å²) in [6.07, 6.45) is 1.77. The zero-order valence-corrected chi connectivity index (χ0v) is 24.9. The summed E-state index contributed by atoms with van der Waals surface area (Å²) in [5.74, 6) is 2.00. The Morgan fingerprint density at radius 1 is 0.902 bits per heavy atom. The monoisotopic (exact) mass is 558 g/mol. The molecule has 41 heavy (non-hydrogen) atoms. The molecule has 0 saturated carbocycles. The fraction of sp³-hybridized carbons (Fsp3) is 0.406. The molecule has 0 fully saturated rings. The summed E-state index contributed by atoms with van der Waals surface area (Å²) in [5.41, 5.74) is 2.85. The molecule has 4 aromatic rings. The van der Waals surface area contributed by atoms with Crippen molar-refractivity contribution in [2.24, 2.45) is 5.41 Å². The number of pyridine rings is 1. The number of hydrogen-bond acceptors (Lipinski definition) is 6. The maximum atomic E-state index is 13.3. The lowest BCUT2D eigenvalue weighted by Gasteiger charge is -2.27. The van der Waals surface area contributed by atoms with E-state index in [0.29, 0.717) is 55.1 Å². The molecule has 0 radical (unpaired) electrons. The minimum atomic E-state index is -1.16. The van der Waals surface area contributed by atoms with Crippen LogP contribution in [0.4, 0.5) is 11.4 Å². The Kier molecular flexibility index (Phi) is 7.42. The number of fused-ring (bicyclic) bond motifs is 2. The van der Waals surface area contributed by atoms with E-state index in [0.717, 1.165) is 28.3 Å². The maximum absolute atomic E-state index is 13.3. The number of furan rings is 2. The van der Waals surface area contributed by atoms with Gasteiger partial charge in [0.1, 0.15) is 28.3 Å². The summed E-state index contributed by atoms with van der Waals surface area (Å²) >= 11 is 0. The lowest BCUT2D eigenvalue weighted by atomic mass is 9.90. The molecular formula is C32H38N4O5. The van der Waals surface area contributed by atoms with Crippen molar-refractivity contribution in [3.63, 3.8) is 0 Å². The van der Waals surface area contributed by atoms with Gasteiger partial charge in [0.25, 0.3) is 5.56 Å².